The minimum Gasteiger partial charge on any atom is -0.491 e. The highest BCUT2D eigenvalue weighted by Crippen LogP contribution is 2.18. The summed E-state index contributed by atoms with van der Waals surface area (Å²) in [5, 5.41) is 13.2. The van der Waals surface area contributed by atoms with E-state index in [4.69, 9.17) is 9.47 Å². The number of hydrogen-bond donors (Lipinski definition) is 2. The fourth-order valence-electron chi connectivity index (χ4n) is 2.59. The predicted molar refractivity (Wildman–Crippen MR) is 83.9 cm³/mol. The van der Waals surface area contributed by atoms with Crippen LogP contribution >= 0.6 is 0 Å². The van der Waals surface area contributed by atoms with Gasteiger partial charge in [0.25, 0.3) is 0 Å². The maximum atomic E-state index is 9.96. The monoisotopic (exact) mass is 293 g/mol. The molecule has 2 unspecified atom stereocenters. The summed E-state index contributed by atoms with van der Waals surface area (Å²) in [4.78, 5) is 0. The molecule has 1 fully saturated rings. The van der Waals surface area contributed by atoms with Crippen LogP contribution in [0.2, 0.25) is 0 Å². The minimum absolute atomic E-state index is 0.297. The molecule has 1 saturated heterocycles. The lowest BCUT2D eigenvalue weighted by molar-refractivity contribution is 0.0141. The summed E-state index contributed by atoms with van der Waals surface area (Å²) >= 11 is 0. The zero-order chi connectivity index (χ0) is 15.1. The average molecular weight is 293 g/mol. The van der Waals surface area contributed by atoms with Crippen LogP contribution in [0.4, 0.5) is 0 Å². The SMILES string of the molecule is Cc1ccc(OCC(O)CNCC2CCCCO2)c(C)c1. The van der Waals surface area contributed by atoms with Crippen molar-refractivity contribution in [1.29, 1.82) is 0 Å². The quantitative estimate of drug-likeness (QED) is 0.809. The van der Waals surface area contributed by atoms with E-state index in [-0.39, 0.29) is 0 Å². The maximum absolute atomic E-state index is 9.96. The largest absolute Gasteiger partial charge is 0.491 e. The van der Waals surface area contributed by atoms with Gasteiger partial charge in [0, 0.05) is 19.7 Å². The second-order valence-corrected chi connectivity index (χ2v) is 5.88. The highest BCUT2D eigenvalue weighted by molar-refractivity contribution is 5.35. The van der Waals surface area contributed by atoms with Crippen molar-refractivity contribution in [2.75, 3.05) is 26.3 Å². The number of aliphatic hydroxyl groups is 1. The smallest absolute Gasteiger partial charge is 0.122 e. The zero-order valence-corrected chi connectivity index (χ0v) is 13.1. The first-order chi connectivity index (χ1) is 10.1. The molecule has 0 bridgehead atoms. The third-order valence-corrected chi connectivity index (χ3v) is 3.79. The third-order valence-electron chi connectivity index (χ3n) is 3.79. The summed E-state index contributed by atoms with van der Waals surface area (Å²) < 4.78 is 11.3. The van der Waals surface area contributed by atoms with Crippen LogP contribution in [0, 0.1) is 13.8 Å². The van der Waals surface area contributed by atoms with Gasteiger partial charge in [-0.25, -0.2) is 0 Å². The summed E-state index contributed by atoms with van der Waals surface area (Å²) in [5.41, 5.74) is 2.32. The van der Waals surface area contributed by atoms with Gasteiger partial charge in [-0.2, -0.15) is 0 Å². The number of nitrogens with one attached hydrogen (secondary N) is 1. The van der Waals surface area contributed by atoms with E-state index in [0.29, 0.717) is 19.3 Å². The van der Waals surface area contributed by atoms with Gasteiger partial charge in [-0.05, 0) is 44.7 Å². The van der Waals surface area contributed by atoms with E-state index < -0.39 is 6.10 Å². The van der Waals surface area contributed by atoms with Gasteiger partial charge in [-0.1, -0.05) is 17.7 Å². The van der Waals surface area contributed by atoms with E-state index in [1.165, 1.54) is 18.4 Å². The van der Waals surface area contributed by atoms with E-state index >= 15 is 0 Å². The molecule has 2 N–H and O–H groups in total. The summed E-state index contributed by atoms with van der Waals surface area (Å²) in [6.45, 7) is 6.59. The molecule has 1 aliphatic heterocycles. The lowest BCUT2D eigenvalue weighted by Crippen LogP contribution is -2.37. The van der Waals surface area contributed by atoms with Crippen LogP contribution in [0.3, 0.4) is 0 Å². The Balaban J connectivity index is 1.63. The Kier molecular flexibility index (Phi) is 6.49. The Labute approximate surface area is 127 Å². The first-order valence-electron chi connectivity index (χ1n) is 7.85. The van der Waals surface area contributed by atoms with Crippen LogP contribution in [0.1, 0.15) is 30.4 Å². The number of ether oxygens (including phenoxy) is 2. The molecular weight excluding hydrogens is 266 g/mol. The van der Waals surface area contributed by atoms with Crippen molar-refractivity contribution in [2.45, 2.75) is 45.3 Å². The summed E-state index contributed by atoms with van der Waals surface area (Å²) in [7, 11) is 0. The molecule has 1 aliphatic rings. The molecule has 21 heavy (non-hydrogen) atoms. The Morgan fingerprint density at radius 1 is 1.38 bits per heavy atom. The Hall–Kier alpha value is -1.10. The van der Waals surface area contributed by atoms with Crippen molar-refractivity contribution in [1.82, 2.24) is 5.32 Å². The predicted octanol–water partition coefficient (Wildman–Crippen LogP) is 2.20. The molecule has 1 aromatic rings. The minimum atomic E-state index is -0.505. The van der Waals surface area contributed by atoms with Gasteiger partial charge in [0.05, 0.1) is 6.10 Å². The number of aryl methyl sites for hydroxylation is 2. The van der Waals surface area contributed by atoms with Gasteiger partial charge >= 0.3 is 0 Å². The lowest BCUT2D eigenvalue weighted by Gasteiger charge is -2.23. The van der Waals surface area contributed by atoms with Crippen molar-refractivity contribution in [3.63, 3.8) is 0 Å². The van der Waals surface area contributed by atoms with Gasteiger partial charge in [0.1, 0.15) is 18.5 Å². The highest BCUT2D eigenvalue weighted by atomic mass is 16.5. The maximum Gasteiger partial charge on any atom is 0.122 e. The first kappa shape index (κ1) is 16.3. The molecule has 2 rings (SSSR count). The Morgan fingerprint density at radius 2 is 2.24 bits per heavy atom. The summed E-state index contributed by atoms with van der Waals surface area (Å²) in [6, 6.07) is 6.06. The molecule has 1 heterocycles. The molecule has 2 atom stereocenters. The normalized spacial score (nSPS) is 20.2. The molecule has 0 aliphatic carbocycles. The fourth-order valence-corrected chi connectivity index (χ4v) is 2.59. The van der Waals surface area contributed by atoms with Crippen LogP contribution in [-0.2, 0) is 4.74 Å². The standard InChI is InChI=1S/C17H27NO3/c1-13-6-7-17(14(2)9-13)21-12-15(19)10-18-11-16-5-3-4-8-20-16/h6-7,9,15-16,18-19H,3-5,8,10-12H2,1-2H3. The highest BCUT2D eigenvalue weighted by Gasteiger charge is 2.14. The molecule has 118 valence electrons. The van der Waals surface area contributed by atoms with Crippen molar-refractivity contribution < 1.29 is 14.6 Å². The molecule has 4 heteroatoms. The van der Waals surface area contributed by atoms with Gasteiger partial charge < -0.3 is 19.9 Å². The van der Waals surface area contributed by atoms with Crippen LogP contribution in [0.5, 0.6) is 5.75 Å². The fraction of sp³-hybridized carbons (Fsp3) is 0.647. The van der Waals surface area contributed by atoms with E-state index in [0.717, 1.165) is 30.9 Å². The van der Waals surface area contributed by atoms with Crippen molar-refractivity contribution in [3.05, 3.63) is 29.3 Å². The topological polar surface area (TPSA) is 50.7 Å². The molecule has 1 aromatic carbocycles. The molecule has 0 saturated carbocycles. The second kappa shape index (κ2) is 8.37. The average Bonchev–Trinajstić information content (AvgIpc) is 2.47. The lowest BCUT2D eigenvalue weighted by atomic mass is 10.1. The molecule has 0 amide bonds. The van der Waals surface area contributed by atoms with E-state index in [1.807, 2.05) is 19.1 Å². The number of rotatable bonds is 7. The van der Waals surface area contributed by atoms with Crippen molar-refractivity contribution in [3.8, 4) is 5.75 Å². The Bertz CT molecular complexity index is 430. The van der Waals surface area contributed by atoms with Crippen LogP contribution in [0.15, 0.2) is 18.2 Å². The van der Waals surface area contributed by atoms with Crippen molar-refractivity contribution in [2.24, 2.45) is 0 Å². The van der Waals surface area contributed by atoms with Crippen molar-refractivity contribution >= 4 is 0 Å². The second-order valence-electron chi connectivity index (χ2n) is 5.88. The molecule has 0 aromatic heterocycles. The van der Waals surface area contributed by atoms with E-state index in [9.17, 15) is 5.11 Å². The number of hydrogen-bond acceptors (Lipinski definition) is 4. The Morgan fingerprint density at radius 3 is 2.95 bits per heavy atom. The zero-order valence-electron chi connectivity index (χ0n) is 13.1. The van der Waals surface area contributed by atoms with Crippen LogP contribution in [0.25, 0.3) is 0 Å². The van der Waals surface area contributed by atoms with Crippen LogP contribution < -0.4 is 10.1 Å². The van der Waals surface area contributed by atoms with E-state index in [2.05, 4.69) is 18.3 Å². The molecule has 0 radical (unpaired) electrons. The van der Waals surface area contributed by atoms with Gasteiger partial charge in [0.15, 0.2) is 0 Å². The first-order valence-corrected chi connectivity index (χ1v) is 7.85. The summed E-state index contributed by atoms with van der Waals surface area (Å²) in [5.74, 6) is 0.843. The van der Waals surface area contributed by atoms with Gasteiger partial charge in [-0.15, -0.1) is 0 Å². The van der Waals surface area contributed by atoms with Crippen LogP contribution in [-0.4, -0.2) is 43.6 Å². The third kappa shape index (κ3) is 5.65. The number of aliphatic hydroxyl groups excluding tert-OH is 1. The molecular formula is C17H27NO3. The summed E-state index contributed by atoms with van der Waals surface area (Å²) in [6.07, 6.45) is 3.32. The van der Waals surface area contributed by atoms with Gasteiger partial charge in [-0.3, -0.25) is 0 Å². The molecule has 4 nitrogen and oxygen atoms in total. The van der Waals surface area contributed by atoms with Gasteiger partial charge in [0.2, 0.25) is 0 Å². The van der Waals surface area contributed by atoms with E-state index in [1.54, 1.807) is 0 Å². The number of benzene rings is 1. The molecule has 0 spiro atoms.